The average Bonchev–Trinajstić information content (AvgIpc) is 2.71. The molecule has 0 saturated carbocycles. The van der Waals surface area contributed by atoms with Crippen LogP contribution in [0, 0.1) is 6.92 Å². The largest absolute Gasteiger partial charge is 0.370 e. The molecule has 0 unspecified atom stereocenters. The summed E-state index contributed by atoms with van der Waals surface area (Å²) >= 11 is 1.79. The number of hydrogen-bond acceptors (Lipinski definition) is 4. The van der Waals surface area contributed by atoms with Crippen molar-refractivity contribution in [1.29, 1.82) is 0 Å². The molecule has 0 amide bonds. The van der Waals surface area contributed by atoms with Crippen molar-refractivity contribution in [2.75, 3.05) is 11.9 Å². The monoisotopic (exact) mass is 219 g/mol. The topological polar surface area (TPSA) is 37.8 Å². The number of aromatic nitrogens is 2. The maximum absolute atomic E-state index is 4.14. The molecule has 0 radical (unpaired) electrons. The van der Waals surface area contributed by atoms with Crippen LogP contribution in [0.1, 0.15) is 10.6 Å². The minimum Gasteiger partial charge on any atom is -0.370 e. The van der Waals surface area contributed by atoms with Gasteiger partial charge in [-0.2, -0.15) is 0 Å². The fourth-order valence-corrected chi connectivity index (χ4v) is 2.03. The predicted molar refractivity (Wildman–Crippen MR) is 63.3 cm³/mol. The molecule has 2 aromatic rings. The number of anilines is 1. The van der Waals surface area contributed by atoms with Crippen molar-refractivity contribution in [2.24, 2.45) is 0 Å². The predicted octanol–water partition coefficient (Wildman–Crippen LogP) is 2.50. The Morgan fingerprint density at radius 2 is 2.33 bits per heavy atom. The van der Waals surface area contributed by atoms with Gasteiger partial charge in [0.2, 0.25) is 0 Å². The summed E-state index contributed by atoms with van der Waals surface area (Å²) in [5.74, 6) is 0.902. The van der Waals surface area contributed by atoms with Crippen molar-refractivity contribution < 1.29 is 0 Å². The van der Waals surface area contributed by atoms with Gasteiger partial charge in [-0.15, -0.1) is 11.3 Å². The molecule has 0 aliphatic carbocycles. The first-order valence-electron chi connectivity index (χ1n) is 4.89. The average molecular weight is 219 g/mol. The minimum absolute atomic E-state index is 0.902. The van der Waals surface area contributed by atoms with Crippen LogP contribution < -0.4 is 5.32 Å². The van der Waals surface area contributed by atoms with Crippen molar-refractivity contribution in [2.45, 2.75) is 13.3 Å². The Hall–Kier alpha value is -1.42. The van der Waals surface area contributed by atoms with Crippen molar-refractivity contribution in [3.8, 4) is 0 Å². The molecule has 78 valence electrons. The van der Waals surface area contributed by atoms with E-state index in [9.17, 15) is 0 Å². The maximum Gasteiger partial charge on any atom is 0.129 e. The highest BCUT2D eigenvalue weighted by Gasteiger charge is 1.96. The summed E-state index contributed by atoms with van der Waals surface area (Å²) in [6.45, 7) is 2.88. The molecule has 2 heterocycles. The van der Waals surface area contributed by atoms with Gasteiger partial charge in [0.05, 0.1) is 0 Å². The fraction of sp³-hybridized carbons (Fsp3) is 0.273. The number of nitrogens with one attached hydrogen (secondary N) is 1. The van der Waals surface area contributed by atoms with E-state index in [1.807, 2.05) is 13.0 Å². The Kier molecular flexibility index (Phi) is 3.29. The molecular formula is C11H13N3S. The molecule has 0 saturated heterocycles. The molecular weight excluding hydrogens is 206 g/mol. The van der Waals surface area contributed by atoms with Gasteiger partial charge in [-0.3, -0.25) is 0 Å². The second kappa shape index (κ2) is 4.89. The van der Waals surface area contributed by atoms with E-state index in [1.165, 1.54) is 4.88 Å². The van der Waals surface area contributed by atoms with Gasteiger partial charge in [-0.25, -0.2) is 9.97 Å². The van der Waals surface area contributed by atoms with E-state index in [0.29, 0.717) is 0 Å². The second-order valence-corrected chi connectivity index (χ2v) is 4.33. The number of nitrogens with zero attached hydrogens (tertiary/aromatic N) is 2. The smallest absolute Gasteiger partial charge is 0.129 e. The van der Waals surface area contributed by atoms with Crippen LogP contribution in [0.2, 0.25) is 0 Å². The Bertz CT molecular complexity index is 412. The Morgan fingerprint density at radius 1 is 1.40 bits per heavy atom. The van der Waals surface area contributed by atoms with Gasteiger partial charge in [-0.05, 0) is 24.8 Å². The highest BCUT2D eigenvalue weighted by Crippen LogP contribution is 2.09. The van der Waals surface area contributed by atoms with Crippen molar-refractivity contribution in [3.63, 3.8) is 0 Å². The molecule has 2 rings (SSSR count). The van der Waals surface area contributed by atoms with Crippen LogP contribution in [0.15, 0.2) is 29.9 Å². The van der Waals surface area contributed by atoms with Crippen LogP contribution in [0.25, 0.3) is 0 Å². The SMILES string of the molecule is Cc1cc(NCCc2cccs2)ncn1. The molecule has 1 N–H and O–H groups in total. The Morgan fingerprint density at radius 3 is 3.07 bits per heavy atom. The van der Waals surface area contributed by atoms with Crippen molar-refractivity contribution >= 4 is 17.2 Å². The second-order valence-electron chi connectivity index (χ2n) is 3.30. The lowest BCUT2D eigenvalue weighted by Gasteiger charge is -2.04. The highest BCUT2D eigenvalue weighted by molar-refractivity contribution is 7.09. The van der Waals surface area contributed by atoms with Crippen LogP contribution in [0.5, 0.6) is 0 Å². The molecule has 0 spiro atoms. The normalized spacial score (nSPS) is 10.2. The standard InChI is InChI=1S/C11H13N3S/c1-9-7-11(14-8-13-9)12-5-4-10-3-2-6-15-10/h2-3,6-8H,4-5H2,1H3,(H,12,13,14). The van der Waals surface area contributed by atoms with Gasteiger partial charge in [0.15, 0.2) is 0 Å². The quantitative estimate of drug-likeness (QED) is 0.858. The third kappa shape index (κ3) is 3.02. The number of thiophene rings is 1. The van der Waals surface area contributed by atoms with E-state index >= 15 is 0 Å². The molecule has 2 aromatic heterocycles. The lowest BCUT2D eigenvalue weighted by atomic mass is 10.3. The Labute approximate surface area is 93.2 Å². The summed E-state index contributed by atoms with van der Waals surface area (Å²) in [7, 11) is 0. The third-order valence-corrected chi connectivity index (χ3v) is 3.00. The van der Waals surface area contributed by atoms with Crippen LogP contribution in [-0.4, -0.2) is 16.5 Å². The summed E-state index contributed by atoms with van der Waals surface area (Å²) in [6.07, 6.45) is 2.63. The van der Waals surface area contributed by atoms with Gasteiger partial charge in [-0.1, -0.05) is 6.07 Å². The molecule has 15 heavy (non-hydrogen) atoms. The van der Waals surface area contributed by atoms with E-state index in [-0.39, 0.29) is 0 Å². The van der Waals surface area contributed by atoms with E-state index < -0.39 is 0 Å². The molecule has 3 nitrogen and oxygen atoms in total. The lowest BCUT2D eigenvalue weighted by molar-refractivity contribution is 1.01. The molecule has 4 heteroatoms. The molecule has 0 aliphatic heterocycles. The number of rotatable bonds is 4. The molecule has 0 aliphatic rings. The van der Waals surface area contributed by atoms with E-state index in [2.05, 4.69) is 32.8 Å². The molecule has 0 bridgehead atoms. The zero-order valence-electron chi connectivity index (χ0n) is 8.60. The van der Waals surface area contributed by atoms with Crippen LogP contribution in [0.3, 0.4) is 0 Å². The third-order valence-electron chi connectivity index (χ3n) is 2.06. The zero-order chi connectivity index (χ0) is 10.5. The zero-order valence-corrected chi connectivity index (χ0v) is 9.42. The molecule has 0 aromatic carbocycles. The van der Waals surface area contributed by atoms with E-state index in [0.717, 1.165) is 24.5 Å². The minimum atomic E-state index is 0.902. The first-order chi connectivity index (χ1) is 7.34. The lowest BCUT2D eigenvalue weighted by Crippen LogP contribution is -2.05. The van der Waals surface area contributed by atoms with Crippen molar-refractivity contribution in [3.05, 3.63) is 40.5 Å². The summed E-state index contributed by atoms with van der Waals surface area (Å²) in [5, 5.41) is 5.38. The molecule has 0 fully saturated rings. The molecule has 0 atom stereocenters. The number of hydrogen-bond donors (Lipinski definition) is 1. The van der Waals surface area contributed by atoms with Gasteiger partial charge in [0, 0.05) is 23.2 Å². The van der Waals surface area contributed by atoms with Gasteiger partial charge >= 0.3 is 0 Å². The number of aryl methyl sites for hydroxylation is 1. The first-order valence-corrected chi connectivity index (χ1v) is 5.77. The van der Waals surface area contributed by atoms with Crippen LogP contribution in [0.4, 0.5) is 5.82 Å². The van der Waals surface area contributed by atoms with Gasteiger partial charge in [0.25, 0.3) is 0 Å². The first kappa shape index (κ1) is 10.1. The van der Waals surface area contributed by atoms with Gasteiger partial charge in [0.1, 0.15) is 12.1 Å². The highest BCUT2D eigenvalue weighted by atomic mass is 32.1. The van der Waals surface area contributed by atoms with E-state index in [1.54, 1.807) is 17.7 Å². The summed E-state index contributed by atoms with van der Waals surface area (Å²) < 4.78 is 0. The van der Waals surface area contributed by atoms with E-state index in [4.69, 9.17) is 0 Å². The summed E-state index contributed by atoms with van der Waals surface area (Å²) in [4.78, 5) is 9.58. The summed E-state index contributed by atoms with van der Waals surface area (Å²) in [5.41, 5.74) is 0.989. The van der Waals surface area contributed by atoms with Crippen molar-refractivity contribution in [1.82, 2.24) is 9.97 Å². The van der Waals surface area contributed by atoms with Crippen LogP contribution in [-0.2, 0) is 6.42 Å². The Balaban J connectivity index is 1.83. The maximum atomic E-state index is 4.14. The summed E-state index contributed by atoms with van der Waals surface area (Å²) in [6, 6.07) is 6.18. The van der Waals surface area contributed by atoms with Gasteiger partial charge < -0.3 is 5.32 Å². The fourth-order valence-electron chi connectivity index (χ4n) is 1.32. The van der Waals surface area contributed by atoms with Crippen LogP contribution >= 0.6 is 11.3 Å².